The third-order valence-electron chi connectivity index (χ3n) is 8.10. The second kappa shape index (κ2) is 13.7. The summed E-state index contributed by atoms with van der Waals surface area (Å²) < 4.78 is 13.7. The molecule has 0 saturated carbocycles. The van der Waals surface area contributed by atoms with E-state index >= 15 is 0 Å². The molecule has 0 aliphatic carbocycles. The van der Waals surface area contributed by atoms with Crippen molar-refractivity contribution in [3.8, 4) is 22.9 Å². The Balaban J connectivity index is 1.16. The third-order valence-corrected chi connectivity index (χ3v) is 8.88. The molecule has 1 fully saturated rings. The second-order valence-corrected chi connectivity index (χ2v) is 13.7. The van der Waals surface area contributed by atoms with Crippen molar-refractivity contribution < 1.29 is 14.3 Å². The number of fused-ring (bicyclic) bond motifs is 1. The van der Waals surface area contributed by atoms with Crippen LogP contribution in [0.4, 0.5) is 17.3 Å². The Hall–Kier alpha value is -4.52. The Morgan fingerprint density at radius 2 is 1.83 bits per heavy atom. The van der Waals surface area contributed by atoms with Gasteiger partial charge in [-0.3, -0.25) is 9.69 Å². The normalized spacial score (nSPS) is 15.4. The van der Waals surface area contributed by atoms with Gasteiger partial charge in [-0.2, -0.15) is 5.10 Å². The van der Waals surface area contributed by atoms with Gasteiger partial charge in [-0.05, 0) is 49.2 Å². The van der Waals surface area contributed by atoms with Gasteiger partial charge >= 0.3 is 0 Å². The molecule has 0 bridgehead atoms. The number of pyridine rings is 1. The van der Waals surface area contributed by atoms with E-state index in [2.05, 4.69) is 95.5 Å². The number of amides is 1. The van der Waals surface area contributed by atoms with Crippen molar-refractivity contribution in [2.24, 2.45) is 0 Å². The Morgan fingerprint density at radius 3 is 2.55 bits per heavy atom. The first-order valence-electron chi connectivity index (χ1n) is 15.7. The van der Waals surface area contributed by atoms with E-state index in [0.29, 0.717) is 28.9 Å². The zero-order valence-electron chi connectivity index (χ0n) is 27.6. The van der Waals surface area contributed by atoms with Gasteiger partial charge in [-0.1, -0.05) is 39.5 Å². The number of rotatable bonds is 10. The van der Waals surface area contributed by atoms with Crippen molar-refractivity contribution in [3.63, 3.8) is 0 Å². The van der Waals surface area contributed by atoms with E-state index in [1.54, 1.807) is 24.0 Å². The van der Waals surface area contributed by atoms with Crippen LogP contribution in [0.1, 0.15) is 32.0 Å². The number of carbonyl (C=O) groups is 1. The van der Waals surface area contributed by atoms with Gasteiger partial charge in [-0.15, -0.1) is 11.8 Å². The van der Waals surface area contributed by atoms with E-state index in [1.165, 1.54) is 5.56 Å². The largest absolute Gasteiger partial charge is 0.476 e. The number of ether oxygens (including phenoxy) is 2. The van der Waals surface area contributed by atoms with E-state index in [1.807, 2.05) is 29.1 Å². The number of carbonyl (C=O) groups excluding carboxylic acids is 1. The summed E-state index contributed by atoms with van der Waals surface area (Å²) in [6, 6.07) is 18.2. The highest BCUT2D eigenvalue weighted by Crippen LogP contribution is 2.40. The number of nitrogens with zero attached hydrogens (tertiary/aromatic N) is 5. The van der Waals surface area contributed by atoms with Crippen molar-refractivity contribution in [2.45, 2.75) is 37.6 Å². The fourth-order valence-electron chi connectivity index (χ4n) is 5.40. The molecule has 0 atom stereocenters. The molecule has 2 aliphatic heterocycles. The topological polar surface area (TPSA) is 109 Å². The molecule has 0 spiro atoms. The van der Waals surface area contributed by atoms with Crippen LogP contribution in [0.3, 0.4) is 0 Å². The molecule has 4 aromatic rings. The lowest BCUT2D eigenvalue weighted by molar-refractivity contribution is -0.118. The van der Waals surface area contributed by atoms with Gasteiger partial charge in [0.1, 0.15) is 17.4 Å². The molecule has 0 unspecified atom stereocenters. The smallest absolute Gasteiger partial charge is 0.263 e. The molecular formula is C35H42N8O3S. The van der Waals surface area contributed by atoms with Crippen LogP contribution in [0.15, 0.2) is 78.1 Å². The van der Waals surface area contributed by atoms with Crippen LogP contribution < -0.4 is 25.4 Å². The van der Waals surface area contributed by atoms with Crippen LogP contribution in [0.2, 0.25) is 0 Å². The summed E-state index contributed by atoms with van der Waals surface area (Å²) >= 11 is 1.58. The lowest BCUT2D eigenvalue weighted by atomic mass is 9.92. The van der Waals surface area contributed by atoms with Crippen LogP contribution in [-0.2, 0) is 16.8 Å². The van der Waals surface area contributed by atoms with Crippen LogP contribution in [0.25, 0.3) is 5.69 Å². The lowest BCUT2D eigenvalue weighted by Gasteiger charge is -2.32. The fourth-order valence-corrected chi connectivity index (χ4v) is 5.97. The summed E-state index contributed by atoms with van der Waals surface area (Å²) in [7, 11) is 2.18. The molecule has 1 saturated heterocycles. The Kier molecular flexibility index (Phi) is 9.44. The number of likely N-dealkylation sites (N-methyl/N-ethyl adjacent to an activating group) is 1. The van der Waals surface area contributed by atoms with Gasteiger partial charge in [0.05, 0.1) is 17.1 Å². The summed E-state index contributed by atoms with van der Waals surface area (Å²) in [4.78, 5) is 21.7. The molecule has 4 heterocycles. The fraction of sp³-hybridized carbons (Fsp3) is 0.343. The van der Waals surface area contributed by atoms with Crippen LogP contribution in [0.5, 0.6) is 17.2 Å². The van der Waals surface area contributed by atoms with Gasteiger partial charge < -0.3 is 30.3 Å². The Labute approximate surface area is 280 Å². The highest BCUT2D eigenvalue weighted by Gasteiger charge is 2.23. The number of anilines is 3. The molecule has 2 aliphatic rings. The van der Waals surface area contributed by atoms with Crippen LogP contribution in [0, 0.1) is 0 Å². The number of benzene rings is 2. The van der Waals surface area contributed by atoms with Crippen molar-refractivity contribution in [3.05, 3.63) is 84.5 Å². The van der Waals surface area contributed by atoms with Gasteiger partial charge in [0, 0.05) is 61.4 Å². The summed E-state index contributed by atoms with van der Waals surface area (Å²) in [6.07, 6.45) is 3.58. The lowest BCUT2D eigenvalue weighted by Crippen LogP contribution is -2.43. The summed E-state index contributed by atoms with van der Waals surface area (Å²) in [5, 5.41) is 14.6. The molecule has 246 valence electrons. The summed E-state index contributed by atoms with van der Waals surface area (Å²) in [5.74, 6) is 3.03. The number of hydrogen-bond donors (Lipinski definition) is 3. The minimum atomic E-state index is -0.247. The zero-order chi connectivity index (χ0) is 33.1. The average molecular weight is 655 g/mol. The minimum Gasteiger partial charge on any atom is -0.476 e. The quantitative estimate of drug-likeness (QED) is 0.172. The molecule has 0 radical (unpaired) electrons. The minimum absolute atomic E-state index is 0.0819. The number of piperazine rings is 1. The SMILES string of the molecule is C=C(Nc1ccc(Oc2ccnc3c2OCC(=O)N3)cc1SC)Nc1cc(C(C)(C)C)nn1-c1ccc(CN2CCN(C)CC2)cc1. The maximum Gasteiger partial charge on any atom is 0.263 e. The Bertz CT molecular complexity index is 1760. The van der Waals surface area contributed by atoms with E-state index in [4.69, 9.17) is 14.6 Å². The van der Waals surface area contributed by atoms with Crippen LogP contribution in [-0.4, -0.2) is 76.6 Å². The molecule has 6 rings (SSSR count). The molecule has 12 heteroatoms. The molecule has 11 nitrogen and oxygen atoms in total. The van der Waals surface area contributed by atoms with Gasteiger partial charge in [-0.25, -0.2) is 9.67 Å². The number of aromatic nitrogens is 3. The number of hydrogen-bond acceptors (Lipinski definition) is 10. The average Bonchev–Trinajstić information content (AvgIpc) is 3.47. The van der Waals surface area contributed by atoms with Crippen LogP contribution >= 0.6 is 11.8 Å². The molecule has 2 aromatic heterocycles. The molecule has 3 N–H and O–H groups in total. The Morgan fingerprint density at radius 1 is 1.06 bits per heavy atom. The van der Waals surface area contributed by atoms with E-state index in [0.717, 1.165) is 60.5 Å². The molecule has 2 aromatic carbocycles. The third kappa shape index (κ3) is 7.73. The number of nitrogens with one attached hydrogen (secondary N) is 3. The standard InChI is InChI=1S/C35H42N8O3S/c1-23(37-27-12-11-26(19-29(27)47-6)46-28-13-14-36-34-33(28)45-22-32(44)39-34)38-31-20-30(35(2,3)4)40-43(31)25-9-7-24(8-10-25)21-42-17-15-41(5)16-18-42/h7-14,19-20,37-38H,1,15-18,21-22H2,2-6H3,(H,36,39,44). The van der Waals surface area contributed by atoms with Crippen molar-refractivity contribution in [2.75, 3.05) is 62.0 Å². The maximum absolute atomic E-state index is 11.7. The van der Waals surface area contributed by atoms with Crippen molar-refractivity contribution in [1.82, 2.24) is 24.6 Å². The van der Waals surface area contributed by atoms with Gasteiger partial charge in [0.2, 0.25) is 5.75 Å². The maximum atomic E-state index is 11.7. The van der Waals surface area contributed by atoms with Crippen molar-refractivity contribution >= 4 is 35.0 Å². The predicted molar refractivity (Wildman–Crippen MR) is 188 cm³/mol. The van der Waals surface area contributed by atoms with Gasteiger partial charge in [0.15, 0.2) is 18.2 Å². The van der Waals surface area contributed by atoms with Crippen molar-refractivity contribution in [1.29, 1.82) is 0 Å². The van der Waals surface area contributed by atoms with E-state index in [-0.39, 0.29) is 17.9 Å². The zero-order valence-corrected chi connectivity index (χ0v) is 28.4. The molecular weight excluding hydrogens is 613 g/mol. The van der Waals surface area contributed by atoms with Gasteiger partial charge in [0.25, 0.3) is 5.91 Å². The highest BCUT2D eigenvalue weighted by atomic mass is 32.2. The first kappa shape index (κ1) is 32.4. The summed E-state index contributed by atoms with van der Waals surface area (Å²) in [6.45, 7) is 16.0. The number of thioether (sulfide) groups is 1. The second-order valence-electron chi connectivity index (χ2n) is 12.8. The predicted octanol–water partition coefficient (Wildman–Crippen LogP) is 6.15. The summed E-state index contributed by atoms with van der Waals surface area (Å²) in [5.41, 5.74) is 3.98. The first-order chi connectivity index (χ1) is 22.6. The van der Waals surface area contributed by atoms with E-state index in [9.17, 15) is 4.79 Å². The monoisotopic (exact) mass is 654 g/mol. The van der Waals surface area contributed by atoms with E-state index < -0.39 is 0 Å². The molecule has 1 amide bonds. The molecule has 47 heavy (non-hydrogen) atoms. The highest BCUT2D eigenvalue weighted by molar-refractivity contribution is 7.98. The first-order valence-corrected chi connectivity index (χ1v) is 16.9.